The molecule has 0 saturated carbocycles. The van der Waals surface area contributed by atoms with Crippen LogP contribution in [0.25, 0.3) is 0 Å². The highest BCUT2D eigenvalue weighted by Crippen LogP contribution is 2.34. The van der Waals surface area contributed by atoms with Crippen molar-refractivity contribution in [3.05, 3.63) is 58.7 Å². The Morgan fingerprint density at radius 1 is 0.806 bits per heavy atom. The Labute approximate surface area is 191 Å². The molecule has 0 amide bonds. The maximum Gasteiger partial charge on any atom is 0.0967 e. The minimum absolute atomic E-state index is 0.133. The van der Waals surface area contributed by atoms with Gasteiger partial charge in [-0.25, -0.2) is 0 Å². The summed E-state index contributed by atoms with van der Waals surface area (Å²) in [7, 11) is 0. The second-order valence-corrected chi connectivity index (χ2v) is 9.68. The van der Waals surface area contributed by atoms with Crippen molar-refractivity contribution in [1.82, 2.24) is 0 Å². The van der Waals surface area contributed by atoms with Crippen molar-refractivity contribution in [1.29, 1.82) is 0 Å². The van der Waals surface area contributed by atoms with Gasteiger partial charge in [-0.2, -0.15) is 0 Å². The lowest BCUT2D eigenvalue weighted by atomic mass is 9.75. The molecule has 0 aromatic heterocycles. The molecule has 3 heteroatoms. The summed E-state index contributed by atoms with van der Waals surface area (Å²) in [4.78, 5) is 0. The SMILES string of the molecule is CC(C)=CCC/C(C)=C/CC/C(C)=C/CC/C(C)=C/C[C@H]1C=C[C@@H](CO)[C@](O)(CO)C1. The summed E-state index contributed by atoms with van der Waals surface area (Å²) in [6.45, 7) is 10.5. The monoisotopic (exact) mass is 430 g/mol. The third-order valence-corrected chi connectivity index (χ3v) is 6.32. The van der Waals surface area contributed by atoms with Crippen LogP contribution in [-0.2, 0) is 0 Å². The third kappa shape index (κ3) is 11.1. The number of hydrogen-bond acceptors (Lipinski definition) is 3. The van der Waals surface area contributed by atoms with Gasteiger partial charge in [0.05, 0.1) is 18.8 Å². The first-order valence-electron chi connectivity index (χ1n) is 11.9. The van der Waals surface area contributed by atoms with Gasteiger partial charge < -0.3 is 15.3 Å². The Kier molecular flexibility index (Phi) is 13.0. The summed E-state index contributed by atoms with van der Waals surface area (Å²) in [5.74, 6) is -0.165. The minimum atomic E-state index is -1.20. The molecule has 0 fully saturated rings. The molecule has 31 heavy (non-hydrogen) atoms. The molecule has 0 radical (unpaired) electrons. The molecule has 0 bridgehead atoms. The van der Waals surface area contributed by atoms with Gasteiger partial charge in [0.2, 0.25) is 0 Å². The van der Waals surface area contributed by atoms with Crippen molar-refractivity contribution in [2.75, 3.05) is 13.2 Å². The van der Waals surface area contributed by atoms with E-state index in [1.165, 1.54) is 22.3 Å². The highest BCUT2D eigenvalue weighted by molar-refractivity contribution is 5.12. The Morgan fingerprint density at radius 2 is 1.32 bits per heavy atom. The summed E-state index contributed by atoms with van der Waals surface area (Å²) >= 11 is 0. The van der Waals surface area contributed by atoms with Gasteiger partial charge in [0.1, 0.15) is 0 Å². The zero-order chi connectivity index (χ0) is 23.3. The van der Waals surface area contributed by atoms with Crippen molar-refractivity contribution in [3.8, 4) is 0 Å². The summed E-state index contributed by atoms with van der Waals surface area (Å²) in [6, 6.07) is 0. The maximum absolute atomic E-state index is 10.6. The van der Waals surface area contributed by atoms with Crippen LogP contribution in [-0.4, -0.2) is 34.1 Å². The summed E-state index contributed by atoms with van der Waals surface area (Å²) in [6.07, 6.45) is 21.3. The molecule has 0 heterocycles. The number of aliphatic hydroxyl groups excluding tert-OH is 2. The predicted octanol–water partition coefficient (Wildman–Crippen LogP) is 6.43. The lowest BCUT2D eigenvalue weighted by Gasteiger charge is -2.37. The Balaban J connectivity index is 2.36. The molecule has 0 saturated heterocycles. The van der Waals surface area contributed by atoms with E-state index in [0.717, 1.165) is 44.9 Å². The largest absolute Gasteiger partial charge is 0.396 e. The van der Waals surface area contributed by atoms with Crippen molar-refractivity contribution >= 4 is 0 Å². The molecule has 0 spiro atoms. The van der Waals surface area contributed by atoms with E-state index in [4.69, 9.17) is 0 Å². The van der Waals surface area contributed by atoms with E-state index in [1.54, 1.807) is 0 Å². The average molecular weight is 431 g/mol. The average Bonchev–Trinajstić information content (AvgIpc) is 2.72. The van der Waals surface area contributed by atoms with E-state index >= 15 is 0 Å². The molecule has 0 aliphatic heterocycles. The lowest BCUT2D eigenvalue weighted by Crippen LogP contribution is -2.46. The van der Waals surface area contributed by atoms with Crippen LogP contribution in [0.3, 0.4) is 0 Å². The van der Waals surface area contributed by atoms with Gasteiger partial charge >= 0.3 is 0 Å². The highest BCUT2D eigenvalue weighted by Gasteiger charge is 2.38. The van der Waals surface area contributed by atoms with Crippen LogP contribution in [0.5, 0.6) is 0 Å². The normalized spacial score (nSPS) is 25.1. The molecule has 0 unspecified atom stereocenters. The maximum atomic E-state index is 10.6. The van der Waals surface area contributed by atoms with E-state index in [-0.39, 0.29) is 25.0 Å². The van der Waals surface area contributed by atoms with Crippen LogP contribution < -0.4 is 0 Å². The molecule has 1 aliphatic carbocycles. The van der Waals surface area contributed by atoms with E-state index < -0.39 is 5.60 Å². The molecule has 0 aromatic rings. The molecular formula is C28H46O3. The van der Waals surface area contributed by atoms with Gasteiger partial charge in [-0.3, -0.25) is 0 Å². The van der Waals surface area contributed by atoms with Gasteiger partial charge in [-0.05, 0) is 91.9 Å². The molecule has 176 valence electrons. The van der Waals surface area contributed by atoms with Crippen LogP contribution in [0.15, 0.2) is 58.7 Å². The first-order chi connectivity index (χ1) is 14.7. The molecular weight excluding hydrogens is 384 g/mol. The second kappa shape index (κ2) is 14.6. The third-order valence-electron chi connectivity index (χ3n) is 6.32. The molecule has 1 rings (SSSR count). The van der Waals surface area contributed by atoms with Crippen LogP contribution in [0, 0.1) is 11.8 Å². The highest BCUT2D eigenvalue weighted by atomic mass is 16.3. The van der Waals surface area contributed by atoms with Gasteiger partial charge in [-0.15, -0.1) is 0 Å². The Morgan fingerprint density at radius 3 is 1.81 bits per heavy atom. The fourth-order valence-electron chi connectivity index (χ4n) is 4.06. The lowest BCUT2D eigenvalue weighted by molar-refractivity contribution is -0.0782. The quantitative estimate of drug-likeness (QED) is 0.295. The van der Waals surface area contributed by atoms with Gasteiger partial charge in [0.25, 0.3) is 0 Å². The van der Waals surface area contributed by atoms with E-state index in [0.29, 0.717) is 6.42 Å². The summed E-state index contributed by atoms with van der Waals surface area (Å²) < 4.78 is 0. The van der Waals surface area contributed by atoms with Gasteiger partial charge in [0, 0.05) is 5.92 Å². The minimum Gasteiger partial charge on any atom is -0.396 e. The number of allylic oxidation sites excluding steroid dienone is 9. The smallest absolute Gasteiger partial charge is 0.0967 e. The van der Waals surface area contributed by atoms with Crippen molar-refractivity contribution in [2.24, 2.45) is 11.8 Å². The Bertz CT molecular complexity index is 676. The van der Waals surface area contributed by atoms with Crippen LogP contribution in [0.4, 0.5) is 0 Å². The fourth-order valence-corrected chi connectivity index (χ4v) is 4.06. The number of hydrogen-bond donors (Lipinski definition) is 3. The first-order valence-corrected chi connectivity index (χ1v) is 11.9. The second-order valence-electron chi connectivity index (χ2n) is 9.68. The standard InChI is InChI=1S/C28H46O3/c1-22(2)9-6-10-23(3)11-7-12-24(4)13-8-14-25(5)15-16-26-17-18-27(20-29)28(31,19-26)21-30/h9,11,13,15,17-18,26-27,29-31H,6-8,10,12,14,16,19-21H2,1-5H3/b23-11+,24-13+,25-15+/t26-,27-,28+/m0/s1. The number of aliphatic hydroxyl groups is 3. The fraction of sp³-hybridized carbons (Fsp3) is 0.643. The van der Waals surface area contributed by atoms with Crippen molar-refractivity contribution in [2.45, 2.75) is 91.6 Å². The summed E-state index contributed by atoms with van der Waals surface area (Å²) in [5.41, 5.74) is 4.50. The summed E-state index contributed by atoms with van der Waals surface area (Å²) in [5, 5.41) is 29.5. The van der Waals surface area contributed by atoms with Gasteiger partial charge in [0.15, 0.2) is 0 Å². The Hall–Kier alpha value is -1.42. The first kappa shape index (κ1) is 27.6. The molecule has 1 aliphatic rings. The van der Waals surface area contributed by atoms with Crippen molar-refractivity contribution in [3.63, 3.8) is 0 Å². The van der Waals surface area contributed by atoms with Crippen LogP contribution in [0.2, 0.25) is 0 Å². The van der Waals surface area contributed by atoms with Crippen LogP contribution in [0.1, 0.15) is 86.0 Å². The van der Waals surface area contributed by atoms with E-state index in [1.807, 2.05) is 6.08 Å². The van der Waals surface area contributed by atoms with E-state index in [9.17, 15) is 15.3 Å². The molecule has 3 atom stereocenters. The molecule has 3 nitrogen and oxygen atoms in total. The predicted molar refractivity (Wildman–Crippen MR) is 133 cm³/mol. The molecule has 3 N–H and O–H groups in total. The van der Waals surface area contributed by atoms with E-state index in [2.05, 4.69) is 65.0 Å². The topological polar surface area (TPSA) is 60.7 Å². The number of rotatable bonds is 13. The van der Waals surface area contributed by atoms with Crippen molar-refractivity contribution < 1.29 is 15.3 Å². The van der Waals surface area contributed by atoms with Crippen LogP contribution >= 0.6 is 0 Å². The zero-order valence-electron chi connectivity index (χ0n) is 20.5. The zero-order valence-corrected chi connectivity index (χ0v) is 20.5. The van der Waals surface area contributed by atoms with Gasteiger partial charge in [-0.1, -0.05) is 58.7 Å². The molecule has 0 aromatic carbocycles.